The topological polar surface area (TPSA) is 62.1 Å². The van der Waals surface area contributed by atoms with E-state index in [9.17, 15) is 0 Å². The zero-order chi connectivity index (χ0) is 15.8. The molecule has 23 heavy (non-hydrogen) atoms. The highest BCUT2D eigenvalue weighted by Crippen LogP contribution is 2.18. The Morgan fingerprint density at radius 2 is 2.13 bits per heavy atom. The molecule has 0 amide bonds. The number of rotatable bonds is 4. The van der Waals surface area contributed by atoms with Gasteiger partial charge >= 0.3 is 0 Å². The van der Waals surface area contributed by atoms with Gasteiger partial charge in [0.25, 0.3) is 0 Å². The summed E-state index contributed by atoms with van der Waals surface area (Å²) in [6.07, 6.45) is 3.48. The Labute approximate surface area is 137 Å². The van der Waals surface area contributed by atoms with Gasteiger partial charge in [-0.15, -0.1) is 0 Å². The van der Waals surface area contributed by atoms with Crippen molar-refractivity contribution in [1.82, 2.24) is 29.5 Å². The van der Waals surface area contributed by atoms with Crippen molar-refractivity contribution < 1.29 is 0 Å². The van der Waals surface area contributed by atoms with Crippen LogP contribution in [0.4, 0.5) is 0 Å². The van der Waals surface area contributed by atoms with Crippen LogP contribution < -0.4 is 0 Å². The highest BCUT2D eigenvalue weighted by molar-refractivity contribution is 6.31. The Kier molecular flexibility index (Phi) is 3.48. The molecule has 0 radical (unpaired) electrons. The van der Waals surface area contributed by atoms with Gasteiger partial charge in [0, 0.05) is 17.8 Å². The molecule has 1 N–H and O–H groups in total. The smallest absolute Gasteiger partial charge is 0.155 e. The number of nitrogens with one attached hydrogen (secondary N) is 1. The van der Waals surface area contributed by atoms with Crippen molar-refractivity contribution in [1.29, 1.82) is 0 Å². The largest absolute Gasteiger partial charge is 0.341 e. The monoisotopic (exact) mass is 326 g/mol. The standard InChI is InChI=1S/C16H15ClN6/c1-22(8-11-4-5-23-16(6-11)18-10-19-23)9-15-20-13-3-2-12(17)7-14(13)21-15/h2-7,10H,8-9H2,1H3,(H,20,21). The number of hydrogen-bond donors (Lipinski definition) is 1. The first-order valence-corrected chi connectivity index (χ1v) is 7.66. The van der Waals surface area contributed by atoms with Crippen LogP contribution in [0.3, 0.4) is 0 Å². The summed E-state index contributed by atoms with van der Waals surface area (Å²) in [6, 6.07) is 9.77. The number of benzene rings is 1. The van der Waals surface area contributed by atoms with Crippen molar-refractivity contribution >= 4 is 28.3 Å². The number of H-pyrrole nitrogens is 1. The predicted octanol–water partition coefficient (Wildman–Crippen LogP) is 2.89. The van der Waals surface area contributed by atoms with Crippen molar-refractivity contribution in [2.24, 2.45) is 0 Å². The molecule has 0 spiro atoms. The predicted molar refractivity (Wildman–Crippen MR) is 89.3 cm³/mol. The lowest BCUT2D eigenvalue weighted by atomic mass is 10.2. The summed E-state index contributed by atoms with van der Waals surface area (Å²) in [7, 11) is 2.06. The van der Waals surface area contributed by atoms with Gasteiger partial charge in [0.15, 0.2) is 5.65 Å². The summed E-state index contributed by atoms with van der Waals surface area (Å²) < 4.78 is 1.76. The molecule has 0 saturated heterocycles. The Hall–Kier alpha value is -2.44. The number of halogens is 1. The Morgan fingerprint density at radius 3 is 3.04 bits per heavy atom. The third kappa shape index (κ3) is 2.91. The molecular formula is C16H15ClN6. The number of pyridine rings is 1. The van der Waals surface area contributed by atoms with Crippen LogP contribution >= 0.6 is 11.6 Å². The first-order valence-electron chi connectivity index (χ1n) is 7.28. The van der Waals surface area contributed by atoms with E-state index < -0.39 is 0 Å². The lowest BCUT2D eigenvalue weighted by Gasteiger charge is -2.15. The number of aromatic nitrogens is 5. The molecule has 0 aliphatic rings. The molecule has 116 valence electrons. The maximum Gasteiger partial charge on any atom is 0.155 e. The van der Waals surface area contributed by atoms with Crippen molar-refractivity contribution in [3.8, 4) is 0 Å². The van der Waals surface area contributed by atoms with Crippen LogP contribution in [0, 0.1) is 0 Å². The average Bonchev–Trinajstić information content (AvgIpc) is 3.11. The summed E-state index contributed by atoms with van der Waals surface area (Å²) in [5, 5.41) is 4.82. The van der Waals surface area contributed by atoms with E-state index >= 15 is 0 Å². The Morgan fingerprint density at radius 1 is 1.22 bits per heavy atom. The molecule has 3 heterocycles. The van der Waals surface area contributed by atoms with E-state index in [-0.39, 0.29) is 0 Å². The molecule has 3 aromatic heterocycles. The first kappa shape index (κ1) is 14.2. The second-order valence-corrected chi connectivity index (χ2v) is 6.05. The van der Waals surface area contributed by atoms with Crippen LogP contribution in [0.25, 0.3) is 16.7 Å². The molecule has 0 unspecified atom stereocenters. The second-order valence-electron chi connectivity index (χ2n) is 5.62. The van der Waals surface area contributed by atoms with Crippen LogP contribution in [-0.2, 0) is 13.1 Å². The zero-order valence-electron chi connectivity index (χ0n) is 12.6. The fourth-order valence-electron chi connectivity index (χ4n) is 2.69. The molecule has 4 aromatic rings. The van der Waals surface area contributed by atoms with E-state index in [0.717, 1.165) is 35.6 Å². The molecule has 0 saturated carbocycles. The molecular weight excluding hydrogens is 312 g/mol. The van der Waals surface area contributed by atoms with Gasteiger partial charge < -0.3 is 4.98 Å². The Bertz CT molecular complexity index is 973. The molecule has 0 atom stereocenters. The maximum atomic E-state index is 6.01. The van der Waals surface area contributed by atoms with Crippen LogP contribution in [-0.4, -0.2) is 36.5 Å². The number of hydrogen-bond acceptors (Lipinski definition) is 4. The fraction of sp³-hybridized carbons (Fsp3) is 0.188. The summed E-state index contributed by atoms with van der Waals surface area (Å²) in [6.45, 7) is 1.53. The number of fused-ring (bicyclic) bond motifs is 2. The van der Waals surface area contributed by atoms with Gasteiger partial charge in [0.2, 0.25) is 0 Å². The summed E-state index contributed by atoms with van der Waals surface area (Å²) in [5.74, 6) is 0.924. The van der Waals surface area contributed by atoms with E-state index in [0.29, 0.717) is 5.02 Å². The fourth-order valence-corrected chi connectivity index (χ4v) is 2.86. The molecule has 4 rings (SSSR count). The van der Waals surface area contributed by atoms with Gasteiger partial charge in [-0.1, -0.05) is 11.6 Å². The number of nitrogens with zero attached hydrogens (tertiary/aromatic N) is 5. The van der Waals surface area contributed by atoms with Gasteiger partial charge in [0.05, 0.1) is 17.6 Å². The summed E-state index contributed by atoms with van der Waals surface area (Å²) >= 11 is 6.01. The van der Waals surface area contributed by atoms with E-state index in [1.54, 1.807) is 10.8 Å². The quantitative estimate of drug-likeness (QED) is 0.626. The lowest BCUT2D eigenvalue weighted by molar-refractivity contribution is 0.312. The third-order valence-electron chi connectivity index (χ3n) is 3.71. The molecule has 0 aliphatic heterocycles. The van der Waals surface area contributed by atoms with E-state index in [4.69, 9.17) is 11.6 Å². The van der Waals surface area contributed by atoms with E-state index in [1.807, 2.05) is 30.5 Å². The lowest BCUT2D eigenvalue weighted by Crippen LogP contribution is -2.18. The SMILES string of the molecule is CN(Cc1ccn2ncnc2c1)Cc1nc2ccc(Cl)cc2[nH]1. The molecule has 0 fully saturated rings. The highest BCUT2D eigenvalue weighted by atomic mass is 35.5. The minimum absolute atomic E-state index is 0.711. The summed E-state index contributed by atoms with van der Waals surface area (Å²) in [5.41, 5.74) is 3.94. The third-order valence-corrected chi connectivity index (χ3v) is 3.95. The zero-order valence-corrected chi connectivity index (χ0v) is 13.3. The normalized spacial score (nSPS) is 11.8. The van der Waals surface area contributed by atoms with Crippen LogP contribution in [0.5, 0.6) is 0 Å². The van der Waals surface area contributed by atoms with Gasteiger partial charge in [-0.05, 0) is 42.9 Å². The molecule has 7 heteroatoms. The van der Waals surface area contributed by atoms with Gasteiger partial charge in [-0.25, -0.2) is 14.5 Å². The minimum atomic E-state index is 0.711. The minimum Gasteiger partial charge on any atom is -0.341 e. The van der Waals surface area contributed by atoms with Crippen LogP contribution in [0.15, 0.2) is 42.9 Å². The van der Waals surface area contributed by atoms with Gasteiger partial charge in [-0.2, -0.15) is 5.10 Å². The van der Waals surface area contributed by atoms with E-state index in [1.165, 1.54) is 5.56 Å². The summed E-state index contributed by atoms with van der Waals surface area (Å²) in [4.78, 5) is 14.3. The highest BCUT2D eigenvalue weighted by Gasteiger charge is 2.08. The molecule has 6 nitrogen and oxygen atoms in total. The number of aromatic amines is 1. The molecule has 1 aromatic carbocycles. The molecule has 0 bridgehead atoms. The Balaban J connectivity index is 1.50. The van der Waals surface area contributed by atoms with Crippen LogP contribution in [0.1, 0.15) is 11.4 Å². The van der Waals surface area contributed by atoms with Gasteiger partial charge in [0.1, 0.15) is 12.2 Å². The van der Waals surface area contributed by atoms with Gasteiger partial charge in [-0.3, -0.25) is 4.90 Å². The molecule has 0 aliphatic carbocycles. The van der Waals surface area contributed by atoms with Crippen LogP contribution in [0.2, 0.25) is 5.02 Å². The first-order chi connectivity index (χ1) is 11.2. The second kappa shape index (κ2) is 5.64. The van der Waals surface area contributed by atoms with Crippen molar-refractivity contribution in [2.75, 3.05) is 7.05 Å². The van der Waals surface area contributed by atoms with E-state index in [2.05, 4.69) is 38.1 Å². The van der Waals surface area contributed by atoms with Crippen molar-refractivity contribution in [2.45, 2.75) is 13.1 Å². The average molecular weight is 327 g/mol. The maximum absolute atomic E-state index is 6.01. The van der Waals surface area contributed by atoms with Crippen molar-refractivity contribution in [3.63, 3.8) is 0 Å². The van der Waals surface area contributed by atoms with Crippen molar-refractivity contribution in [3.05, 3.63) is 59.3 Å². The number of imidazole rings is 1.